The molecule has 2 N–H and O–H groups in total. The molecule has 6 nitrogen and oxygen atoms in total. The molecule has 1 fully saturated rings. The summed E-state index contributed by atoms with van der Waals surface area (Å²) in [7, 11) is 0. The van der Waals surface area contributed by atoms with Crippen LogP contribution in [0.1, 0.15) is 29.8 Å². The van der Waals surface area contributed by atoms with E-state index < -0.39 is 5.97 Å². The number of para-hydroxylation sites is 2. The first-order chi connectivity index (χ1) is 10.1. The Kier molecular flexibility index (Phi) is 3.51. The third-order valence-electron chi connectivity index (χ3n) is 3.80. The van der Waals surface area contributed by atoms with E-state index >= 15 is 0 Å². The molecular formula is C15H15N3O3. The molecular weight excluding hydrogens is 270 g/mol. The van der Waals surface area contributed by atoms with Crippen LogP contribution >= 0.6 is 0 Å². The molecule has 1 aliphatic carbocycles. The molecule has 108 valence electrons. The van der Waals surface area contributed by atoms with Gasteiger partial charge < -0.3 is 10.4 Å². The van der Waals surface area contributed by atoms with E-state index in [1.54, 1.807) is 6.07 Å². The number of amides is 1. The lowest BCUT2D eigenvalue weighted by atomic mass is 10.1. The lowest BCUT2D eigenvalue weighted by Crippen LogP contribution is -2.34. The van der Waals surface area contributed by atoms with Crippen LogP contribution in [0.2, 0.25) is 0 Å². The molecule has 2 atom stereocenters. The Balaban J connectivity index is 1.71. The van der Waals surface area contributed by atoms with Crippen molar-refractivity contribution in [2.24, 2.45) is 5.92 Å². The molecule has 0 bridgehead atoms. The number of nitrogens with zero attached hydrogens (tertiary/aromatic N) is 2. The van der Waals surface area contributed by atoms with Crippen LogP contribution in [0, 0.1) is 5.92 Å². The van der Waals surface area contributed by atoms with Gasteiger partial charge >= 0.3 is 5.97 Å². The van der Waals surface area contributed by atoms with Crippen LogP contribution in [0.3, 0.4) is 0 Å². The van der Waals surface area contributed by atoms with Gasteiger partial charge in [0.2, 0.25) is 0 Å². The quantitative estimate of drug-likeness (QED) is 0.893. The van der Waals surface area contributed by atoms with E-state index in [2.05, 4.69) is 15.3 Å². The van der Waals surface area contributed by atoms with Crippen molar-refractivity contribution in [1.82, 2.24) is 15.3 Å². The standard InChI is InChI=1S/C15H15N3O3/c19-14(17-10-6-5-9(7-10)15(20)21)13-8-16-11-3-1-2-4-12(11)18-13/h1-4,8-10H,5-7H2,(H,17,19)(H,20,21)/t9-,10+/m1/s1. The van der Waals surface area contributed by atoms with Gasteiger partial charge in [-0.25, -0.2) is 4.98 Å². The van der Waals surface area contributed by atoms with E-state index in [1.807, 2.05) is 18.2 Å². The fraction of sp³-hybridized carbons (Fsp3) is 0.333. The third kappa shape index (κ3) is 2.84. The molecule has 0 radical (unpaired) electrons. The van der Waals surface area contributed by atoms with Gasteiger partial charge in [-0.2, -0.15) is 0 Å². The Morgan fingerprint density at radius 3 is 2.67 bits per heavy atom. The summed E-state index contributed by atoms with van der Waals surface area (Å²) < 4.78 is 0. The zero-order valence-corrected chi connectivity index (χ0v) is 11.3. The summed E-state index contributed by atoms with van der Waals surface area (Å²) in [5.41, 5.74) is 1.66. The molecule has 1 aliphatic rings. The predicted octanol–water partition coefficient (Wildman–Crippen LogP) is 1.61. The Morgan fingerprint density at radius 2 is 1.95 bits per heavy atom. The summed E-state index contributed by atoms with van der Waals surface area (Å²) in [5.74, 6) is -1.46. The molecule has 0 saturated heterocycles. The maximum absolute atomic E-state index is 12.2. The van der Waals surface area contributed by atoms with Gasteiger partial charge in [0.25, 0.3) is 5.91 Å². The minimum atomic E-state index is -0.794. The van der Waals surface area contributed by atoms with Gasteiger partial charge in [0.15, 0.2) is 0 Å². The highest BCUT2D eigenvalue weighted by molar-refractivity contribution is 5.94. The lowest BCUT2D eigenvalue weighted by Gasteiger charge is -2.12. The van der Waals surface area contributed by atoms with Crippen molar-refractivity contribution in [2.75, 3.05) is 0 Å². The number of rotatable bonds is 3. The predicted molar refractivity (Wildman–Crippen MR) is 75.8 cm³/mol. The van der Waals surface area contributed by atoms with Crippen LogP contribution in [0.25, 0.3) is 11.0 Å². The van der Waals surface area contributed by atoms with E-state index in [4.69, 9.17) is 5.11 Å². The average molecular weight is 285 g/mol. The van der Waals surface area contributed by atoms with Crippen molar-refractivity contribution in [2.45, 2.75) is 25.3 Å². The molecule has 21 heavy (non-hydrogen) atoms. The monoisotopic (exact) mass is 285 g/mol. The zero-order valence-electron chi connectivity index (χ0n) is 11.3. The number of carbonyl (C=O) groups is 2. The van der Waals surface area contributed by atoms with Crippen LogP contribution in [0.5, 0.6) is 0 Å². The molecule has 2 aromatic rings. The van der Waals surface area contributed by atoms with Crippen molar-refractivity contribution in [3.63, 3.8) is 0 Å². The maximum Gasteiger partial charge on any atom is 0.306 e. The number of carboxylic acid groups (broad SMARTS) is 1. The molecule has 1 heterocycles. The first kappa shape index (κ1) is 13.5. The van der Waals surface area contributed by atoms with Crippen molar-refractivity contribution >= 4 is 22.9 Å². The minimum absolute atomic E-state index is 0.105. The molecule has 1 amide bonds. The Labute approximate surface area is 121 Å². The molecule has 0 aliphatic heterocycles. The molecule has 3 rings (SSSR count). The number of aromatic nitrogens is 2. The summed E-state index contributed by atoms with van der Waals surface area (Å²) in [6.45, 7) is 0. The van der Waals surface area contributed by atoms with E-state index in [-0.39, 0.29) is 23.6 Å². The van der Waals surface area contributed by atoms with E-state index in [0.717, 1.165) is 5.52 Å². The number of hydrogen-bond donors (Lipinski definition) is 2. The topological polar surface area (TPSA) is 92.2 Å². The van der Waals surface area contributed by atoms with Gasteiger partial charge in [-0.05, 0) is 31.4 Å². The molecule has 0 unspecified atom stereocenters. The molecule has 1 aromatic carbocycles. The molecule has 1 saturated carbocycles. The van der Waals surface area contributed by atoms with Crippen LogP contribution in [0.15, 0.2) is 30.5 Å². The number of nitrogens with one attached hydrogen (secondary N) is 1. The fourth-order valence-electron chi connectivity index (χ4n) is 2.66. The van der Waals surface area contributed by atoms with Crippen molar-refractivity contribution in [3.05, 3.63) is 36.2 Å². The van der Waals surface area contributed by atoms with Crippen LogP contribution in [0.4, 0.5) is 0 Å². The zero-order chi connectivity index (χ0) is 14.8. The van der Waals surface area contributed by atoms with Gasteiger partial charge in [0, 0.05) is 6.04 Å². The van der Waals surface area contributed by atoms with Gasteiger partial charge in [-0.15, -0.1) is 0 Å². The second-order valence-corrected chi connectivity index (χ2v) is 5.26. The second kappa shape index (κ2) is 5.47. The maximum atomic E-state index is 12.2. The number of carbonyl (C=O) groups excluding carboxylic acids is 1. The number of benzene rings is 1. The normalized spacial score (nSPS) is 21.3. The fourth-order valence-corrected chi connectivity index (χ4v) is 2.66. The lowest BCUT2D eigenvalue weighted by molar-refractivity contribution is -0.141. The Bertz CT molecular complexity index is 701. The van der Waals surface area contributed by atoms with E-state index in [0.29, 0.717) is 24.8 Å². The van der Waals surface area contributed by atoms with Crippen LogP contribution < -0.4 is 5.32 Å². The summed E-state index contributed by atoms with van der Waals surface area (Å²) in [4.78, 5) is 31.6. The van der Waals surface area contributed by atoms with Crippen LogP contribution in [-0.4, -0.2) is 33.0 Å². The number of carboxylic acids is 1. The number of hydrogen-bond acceptors (Lipinski definition) is 4. The van der Waals surface area contributed by atoms with Crippen molar-refractivity contribution in [1.29, 1.82) is 0 Å². The molecule has 6 heteroatoms. The highest BCUT2D eigenvalue weighted by atomic mass is 16.4. The SMILES string of the molecule is O=C(N[C@H]1CC[C@@H](C(=O)O)C1)c1cnc2ccccc2n1. The minimum Gasteiger partial charge on any atom is -0.481 e. The molecule has 1 aromatic heterocycles. The Hall–Kier alpha value is -2.50. The van der Waals surface area contributed by atoms with E-state index in [1.165, 1.54) is 6.20 Å². The van der Waals surface area contributed by atoms with Gasteiger partial charge in [-0.1, -0.05) is 12.1 Å². The average Bonchev–Trinajstić information content (AvgIpc) is 2.95. The summed E-state index contributed by atoms with van der Waals surface area (Å²) in [6, 6.07) is 7.23. The summed E-state index contributed by atoms with van der Waals surface area (Å²) >= 11 is 0. The highest BCUT2D eigenvalue weighted by Gasteiger charge is 2.30. The van der Waals surface area contributed by atoms with Gasteiger partial charge in [0.1, 0.15) is 5.69 Å². The van der Waals surface area contributed by atoms with Crippen LogP contribution in [-0.2, 0) is 4.79 Å². The number of aliphatic carboxylic acids is 1. The summed E-state index contributed by atoms with van der Waals surface area (Å²) in [6.07, 6.45) is 3.21. The second-order valence-electron chi connectivity index (χ2n) is 5.26. The van der Waals surface area contributed by atoms with Crippen molar-refractivity contribution in [3.8, 4) is 0 Å². The smallest absolute Gasteiger partial charge is 0.306 e. The summed E-state index contributed by atoms with van der Waals surface area (Å²) in [5, 5.41) is 11.8. The largest absolute Gasteiger partial charge is 0.481 e. The highest BCUT2D eigenvalue weighted by Crippen LogP contribution is 2.25. The third-order valence-corrected chi connectivity index (χ3v) is 3.80. The first-order valence-electron chi connectivity index (χ1n) is 6.89. The Morgan fingerprint density at radius 1 is 1.19 bits per heavy atom. The first-order valence-corrected chi connectivity index (χ1v) is 6.89. The van der Waals surface area contributed by atoms with Gasteiger partial charge in [0.05, 0.1) is 23.1 Å². The number of fused-ring (bicyclic) bond motifs is 1. The van der Waals surface area contributed by atoms with E-state index in [9.17, 15) is 9.59 Å². The molecule has 0 spiro atoms. The van der Waals surface area contributed by atoms with Gasteiger partial charge in [-0.3, -0.25) is 14.6 Å². The van der Waals surface area contributed by atoms with Crippen molar-refractivity contribution < 1.29 is 14.7 Å².